The second-order valence-corrected chi connectivity index (χ2v) is 9.89. The Morgan fingerprint density at radius 3 is 2.68 bits per heavy atom. The maximum Gasteiger partial charge on any atom is 0.253 e. The molecule has 1 aromatic heterocycles. The third-order valence-electron chi connectivity index (χ3n) is 6.46. The van der Waals surface area contributed by atoms with E-state index in [0.29, 0.717) is 31.0 Å². The van der Waals surface area contributed by atoms with E-state index in [0.717, 1.165) is 22.8 Å². The molecule has 1 fully saturated rings. The Morgan fingerprint density at radius 1 is 1.09 bits per heavy atom. The van der Waals surface area contributed by atoms with Gasteiger partial charge in [0.05, 0.1) is 18.0 Å². The van der Waals surface area contributed by atoms with E-state index in [1.165, 1.54) is 23.0 Å². The molecule has 3 heterocycles. The van der Waals surface area contributed by atoms with E-state index in [1.807, 2.05) is 41.3 Å². The van der Waals surface area contributed by atoms with Gasteiger partial charge >= 0.3 is 0 Å². The number of hydrogen-bond acceptors (Lipinski definition) is 5. The Kier molecular flexibility index (Phi) is 6.28. The maximum atomic E-state index is 13.2. The summed E-state index contributed by atoms with van der Waals surface area (Å²) in [4.78, 5) is 36.2. The molecule has 5 rings (SSSR count). The van der Waals surface area contributed by atoms with Crippen LogP contribution in [0.4, 0.5) is 11.4 Å². The predicted octanol–water partition coefficient (Wildman–Crippen LogP) is 4.38. The third-order valence-corrected chi connectivity index (χ3v) is 7.44. The molecule has 3 aromatic rings. The molecule has 2 aliphatic rings. The molecule has 2 aliphatic heterocycles. The van der Waals surface area contributed by atoms with Crippen molar-refractivity contribution in [1.82, 2.24) is 9.88 Å². The average molecular weight is 473 g/mol. The molecule has 0 radical (unpaired) electrons. The first-order valence-corrected chi connectivity index (χ1v) is 12.6. The molecule has 7 heteroatoms. The van der Waals surface area contributed by atoms with Crippen LogP contribution >= 0.6 is 11.8 Å². The van der Waals surface area contributed by atoms with Crippen LogP contribution in [0, 0.1) is 6.92 Å². The van der Waals surface area contributed by atoms with Crippen molar-refractivity contribution in [2.45, 2.75) is 31.5 Å². The Labute approximate surface area is 204 Å². The number of carbonyl (C=O) groups excluding carboxylic acids is 2. The number of nitrogens with zero attached hydrogens (tertiary/aromatic N) is 4. The minimum Gasteiger partial charge on any atom is -0.365 e. The summed E-state index contributed by atoms with van der Waals surface area (Å²) in [5, 5.41) is 0.882. The van der Waals surface area contributed by atoms with Crippen LogP contribution in [0.1, 0.15) is 28.4 Å². The van der Waals surface area contributed by atoms with Crippen molar-refractivity contribution in [3.63, 3.8) is 0 Å². The fourth-order valence-corrected chi connectivity index (χ4v) is 5.54. The number of aryl methyl sites for hydroxylation is 1. The molecule has 0 bridgehead atoms. The minimum atomic E-state index is 0.0577. The van der Waals surface area contributed by atoms with E-state index in [2.05, 4.69) is 48.0 Å². The molecular formula is C27H28N4O2S. The van der Waals surface area contributed by atoms with E-state index in [1.54, 1.807) is 11.1 Å². The van der Waals surface area contributed by atoms with Crippen LogP contribution in [0.2, 0.25) is 0 Å². The van der Waals surface area contributed by atoms with Gasteiger partial charge in [-0.1, -0.05) is 36.0 Å². The monoisotopic (exact) mass is 472 g/mol. The van der Waals surface area contributed by atoms with Gasteiger partial charge in [-0.15, -0.1) is 0 Å². The van der Waals surface area contributed by atoms with Gasteiger partial charge in [0.1, 0.15) is 5.03 Å². The highest BCUT2D eigenvalue weighted by atomic mass is 32.2. The standard InChI is InChI=1S/C27H28N4O2S/c1-19-5-3-6-23(15-19)30-14-13-29(16-20(30)2)27(33)22-10-8-21(9-11-22)17-31-24-7-4-12-28-26(24)34-18-25(31)32/h3-12,15,20H,13-14,16-18H2,1-2H3/t20-/m0/s1. The first kappa shape index (κ1) is 22.5. The fraction of sp³-hybridized carbons (Fsp3) is 0.296. The second kappa shape index (κ2) is 9.50. The first-order chi connectivity index (χ1) is 16.5. The van der Waals surface area contributed by atoms with Gasteiger partial charge in [0.2, 0.25) is 5.91 Å². The highest BCUT2D eigenvalue weighted by Crippen LogP contribution is 2.34. The number of rotatable bonds is 4. The van der Waals surface area contributed by atoms with E-state index in [-0.39, 0.29) is 17.9 Å². The first-order valence-electron chi connectivity index (χ1n) is 11.6. The molecule has 0 saturated carbocycles. The van der Waals surface area contributed by atoms with E-state index in [9.17, 15) is 9.59 Å². The van der Waals surface area contributed by atoms with Crippen LogP contribution < -0.4 is 9.80 Å². The summed E-state index contributed by atoms with van der Waals surface area (Å²) in [5.41, 5.74) is 4.98. The number of benzene rings is 2. The number of piperazine rings is 1. The number of fused-ring (bicyclic) bond motifs is 1. The SMILES string of the molecule is Cc1cccc(N2CCN(C(=O)c3ccc(CN4C(=O)CSc5ncccc54)cc3)C[C@@H]2C)c1. The number of hydrogen-bond donors (Lipinski definition) is 0. The lowest BCUT2D eigenvalue weighted by molar-refractivity contribution is -0.116. The van der Waals surface area contributed by atoms with Crippen molar-refractivity contribution in [3.8, 4) is 0 Å². The summed E-state index contributed by atoms with van der Waals surface area (Å²) in [6.07, 6.45) is 1.75. The van der Waals surface area contributed by atoms with Crippen molar-refractivity contribution >= 4 is 35.0 Å². The minimum absolute atomic E-state index is 0.0577. The summed E-state index contributed by atoms with van der Waals surface area (Å²) >= 11 is 1.48. The molecule has 0 N–H and O–H groups in total. The van der Waals surface area contributed by atoms with Crippen LogP contribution in [0.15, 0.2) is 71.9 Å². The summed E-state index contributed by atoms with van der Waals surface area (Å²) in [7, 11) is 0. The molecule has 6 nitrogen and oxygen atoms in total. The molecule has 2 amide bonds. The zero-order chi connectivity index (χ0) is 23.7. The molecule has 1 saturated heterocycles. The molecule has 34 heavy (non-hydrogen) atoms. The quantitative estimate of drug-likeness (QED) is 0.564. The van der Waals surface area contributed by atoms with Crippen LogP contribution in [0.5, 0.6) is 0 Å². The van der Waals surface area contributed by atoms with Gasteiger partial charge < -0.3 is 14.7 Å². The Morgan fingerprint density at radius 2 is 1.91 bits per heavy atom. The van der Waals surface area contributed by atoms with Gasteiger partial charge in [-0.2, -0.15) is 0 Å². The fourth-order valence-electron chi connectivity index (χ4n) is 4.66. The van der Waals surface area contributed by atoms with Gasteiger partial charge in [0, 0.05) is 43.1 Å². The third kappa shape index (κ3) is 4.53. The number of carbonyl (C=O) groups is 2. The number of amides is 2. The van der Waals surface area contributed by atoms with E-state index < -0.39 is 0 Å². The topological polar surface area (TPSA) is 56.8 Å². The molecule has 174 valence electrons. The highest BCUT2D eigenvalue weighted by molar-refractivity contribution is 8.00. The average Bonchev–Trinajstić information content (AvgIpc) is 2.86. The lowest BCUT2D eigenvalue weighted by atomic mass is 10.1. The molecular weight excluding hydrogens is 444 g/mol. The van der Waals surface area contributed by atoms with Crippen molar-refractivity contribution < 1.29 is 9.59 Å². The van der Waals surface area contributed by atoms with Gasteiger partial charge in [0.15, 0.2) is 0 Å². The van der Waals surface area contributed by atoms with Gasteiger partial charge in [-0.25, -0.2) is 4.98 Å². The molecule has 0 unspecified atom stereocenters. The van der Waals surface area contributed by atoms with Crippen molar-refractivity contribution in [3.05, 3.63) is 83.6 Å². The lowest BCUT2D eigenvalue weighted by Crippen LogP contribution is -2.53. The summed E-state index contributed by atoms with van der Waals surface area (Å²) in [5.74, 6) is 0.529. The normalized spacial score (nSPS) is 18.1. The molecule has 2 aromatic carbocycles. The van der Waals surface area contributed by atoms with Gasteiger partial charge in [0.25, 0.3) is 5.91 Å². The number of thioether (sulfide) groups is 1. The van der Waals surface area contributed by atoms with Crippen LogP contribution in [0.3, 0.4) is 0 Å². The lowest BCUT2D eigenvalue weighted by Gasteiger charge is -2.41. The van der Waals surface area contributed by atoms with Crippen LogP contribution in [0.25, 0.3) is 0 Å². The number of aromatic nitrogens is 1. The zero-order valence-corrected chi connectivity index (χ0v) is 20.3. The highest BCUT2D eigenvalue weighted by Gasteiger charge is 2.28. The largest absolute Gasteiger partial charge is 0.365 e. The van der Waals surface area contributed by atoms with Gasteiger partial charge in [-0.05, 0) is 61.4 Å². The Hall–Kier alpha value is -3.32. The Bertz CT molecular complexity index is 1210. The van der Waals surface area contributed by atoms with E-state index in [4.69, 9.17) is 0 Å². The predicted molar refractivity (Wildman–Crippen MR) is 136 cm³/mol. The summed E-state index contributed by atoms with van der Waals surface area (Å²) in [6, 6.07) is 20.2. The van der Waals surface area contributed by atoms with Gasteiger partial charge in [-0.3, -0.25) is 9.59 Å². The number of pyridine rings is 1. The smallest absolute Gasteiger partial charge is 0.253 e. The van der Waals surface area contributed by atoms with Crippen molar-refractivity contribution in [2.24, 2.45) is 0 Å². The second-order valence-electron chi connectivity index (χ2n) is 8.93. The molecule has 0 aliphatic carbocycles. The van der Waals surface area contributed by atoms with Crippen molar-refractivity contribution in [1.29, 1.82) is 0 Å². The van der Waals surface area contributed by atoms with Crippen LogP contribution in [-0.4, -0.2) is 53.1 Å². The summed E-state index contributed by atoms with van der Waals surface area (Å²) < 4.78 is 0. The maximum absolute atomic E-state index is 13.2. The molecule has 0 spiro atoms. The zero-order valence-electron chi connectivity index (χ0n) is 19.5. The van der Waals surface area contributed by atoms with Crippen molar-refractivity contribution in [2.75, 3.05) is 35.2 Å². The number of anilines is 2. The Balaban J connectivity index is 1.25. The molecule has 1 atom stereocenters. The van der Waals surface area contributed by atoms with E-state index >= 15 is 0 Å². The summed E-state index contributed by atoms with van der Waals surface area (Å²) in [6.45, 7) is 6.95. The van der Waals surface area contributed by atoms with Crippen LogP contribution in [-0.2, 0) is 11.3 Å².